The van der Waals surface area contributed by atoms with Crippen molar-refractivity contribution >= 4 is 20.6 Å². The maximum Gasteiger partial charge on any atom is 0.500 e. The molecule has 0 atom stereocenters. The van der Waals surface area contributed by atoms with E-state index in [1.807, 2.05) is 0 Å². The highest BCUT2D eigenvalue weighted by atomic mass is 28.4. The summed E-state index contributed by atoms with van der Waals surface area (Å²) in [6.07, 6.45) is 1.03. The second-order valence-electron chi connectivity index (χ2n) is 3.42. The molecular weight excluding hydrogens is 256 g/mol. The van der Waals surface area contributed by atoms with Gasteiger partial charge in [0.05, 0.1) is 6.54 Å². The lowest BCUT2D eigenvalue weighted by Gasteiger charge is -2.23. The van der Waals surface area contributed by atoms with Gasteiger partial charge in [-0.05, 0) is 0 Å². The molecule has 0 heterocycles. The first-order valence-corrected chi connectivity index (χ1v) is 7.48. The lowest BCUT2D eigenvalue weighted by Crippen LogP contribution is -2.42. The highest BCUT2D eigenvalue weighted by Crippen LogP contribution is 2.13. The van der Waals surface area contributed by atoms with Crippen LogP contribution in [0.15, 0.2) is 0 Å². The van der Waals surface area contributed by atoms with Crippen LogP contribution in [-0.4, -0.2) is 48.5 Å². The van der Waals surface area contributed by atoms with Gasteiger partial charge in [0.25, 0.3) is 0 Å². The lowest BCUT2D eigenvalue weighted by molar-refractivity contribution is -0.123. The molecule has 0 bridgehead atoms. The van der Waals surface area contributed by atoms with Crippen LogP contribution in [0.5, 0.6) is 0 Å². The molecule has 0 aliphatic carbocycles. The first-order valence-electron chi connectivity index (χ1n) is 5.55. The molecule has 0 aliphatic heterocycles. The van der Waals surface area contributed by atoms with Crippen LogP contribution in [0, 0.1) is 0 Å². The molecule has 0 aromatic heterocycles. The van der Waals surface area contributed by atoms with Crippen LogP contribution < -0.4 is 11.1 Å². The summed E-state index contributed by atoms with van der Waals surface area (Å²) < 4.78 is 15.5. The number of hydrogen-bond donors (Lipinski definition) is 2. The van der Waals surface area contributed by atoms with E-state index in [1.54, 1.807) is 21.3 Å². The number of amides is 2. The van der Waals surface area contributed by atoms with Crippen molar-refractivity contribution in [1.82, 2.24) is 5.32 Å². The average Bonchev–Trinajstić information content (AvgIpc) is 2.34. The summed E-state index contributed by atoms with van der Waals surface area (Å²) in [7, 11) is 2.68. The van der Waals surface area contributed by atoms with Crippen molar-refractivity contribution in [2.75, 3.05) is 27.9 Å². The van der Waals surface area contributed by atoms with Gasteiger partial charge in [0, 0.05) is 34.3 Å². The van der Waals surface area contributed by atoms with Gasteiger partial charge in [-0.2, -0.15) is 0 Å². The molecule has 18 heavy (non-hydrogen) atoms. The van der Waals surface area contributed by atoms with E-state index in [9.17, 15) is 9.59 Å². The van der Waals surface area contributed by atoms with E-state index >= 15 is 0 Å². The summed E-state index contributed by atoms with van der Waals surface area (Å²) >= 11 is 0. The van der Waals surface area contributed by atoms with Gasteiger partial charge < -0.3 is 24.3 Å². The Kier molecular flexibility index (Phi) is 12.0. The van der Waals surface area contributed by atoms with E-state index < -0.39 is 14.7 Å². The second-order valence-corrected chi connectivity index (χ2v) is 6.51. The molecule has 3 N–H and O–H groups in total. The monoisotopic (exact) mass is 280 g/mol. The predicted molar refractivity (Wildman–Crippen MR) is 69.8 cm³/mol. The van der Waals surface area contributed by atoms with E-state index in [4.69, 9.17) is 13.3 Å². The number of rotatable bonds is 7. The minimum absolute atomic E-state index is 0.0741. The molecule has 0 aromatic carbocycles. The minimum Gasteiger partial charge on any atom is -0.377 e. The van der Waals surface area contributed by atoms with Gasteiger partial charge in [0.2, 0.25) is 11.8 Å². The van der Waals surface area contributed by atoms with Gasteiger partial charge in [-0.25, -0.2) is 0 Å². The molecule has 0 unspecified atom stereocenters. The predicted octanol–water partition coefficient (Wildman–Crippen LogP) is -0.118. The number of carbonyl (C=O) groups excluding carboxylic acids is 2. The van der Waals surface area contributed by atoms with Crippen molar-refractivity contribution < 1.29 is 22.9 Å². The van der Waals surface area contributed by atoms with E-state index in [1.165, 1.54) is 6.92 Å². The Bertz CT molecular complexity index is 224. The second kappa shape index (κ2) is 11.1. The van der Waals surface area contributed by atoms with E-state index in [0.29, 0.717) is 0 Å². The maximum atomic E-state index is 10.0. The number of hydrogen-bond acceptors (Lipinski definition) is 5. The average molecular weight is 280 g/mol. The summed E-state index contributed by atoms with van der Waals surface area (Å²) in [5.74, 6) is -0.774. The highest BCUT2D eigenvalue weighted by molar-refractivity contribution is 6.60. The van der Waals surface area contributed by atoms with Crippen LogP contribution in [-0.2, 0) is 22.9 Å². The SMILES string of the molecule is CC(=O)NCC(N)=O.CCC[Si](OC)(OC)OC. The van der Waals surface area contributed by atoms with Crippen molar-refractivity contribution in [3.05, 3.63) is 0 Å². The van der Waals surface area contributed by atoms with Crippen LogP contribution in [0.2, 0.25) is 6.04 Å². The Morgan fingerprint density at radius 1 is 1.17 bits per heavy atom. The largest absolute Gasteiger partial charge is 0.500 e. The molecular formula is C10H24N2O5Si. The first-order chi connectivity index (χ1) is 8.37. The fourth-order valence-corrected chi connectivity index (χ4v) is 2.80. The fourth-order valence-electron chi connectivity index (χ4n) is 1.07. The van der Waals surface area contributed by atoms with E-state index in [0.717, 1.165) is 12.5 Å². The minimum atomic E-state index is -2.22. The third-order valence-electron chi connectivity index (χ3n) is 2.00. The molecule has 0 fully saturated rings. The Labute approximate surface area is 109 Å². The summed E-state index contributed by atoms with van der Waals surface area (Å²) in [6.45, 7) is 3.33. The molecule has 0 saturated carbocycles. The zero-order chi connectivity index (χ0) is 14.6. The Balaban J connectivity index is 0. The fraction of sp³-hybridized carbons (Fsp3) is 0.800. The standard InChI is InChI=1S/C6H16O3Si.C4H8N2O2/c1-5-6-10(7-2,8-3)9-4;1-3(7)6-2-4(5)8/h5-6H2,1-4H3;2H2,1H3,(H2,5,8)(H,6,7). The van der Waals surface area contributed by atoms with Crippen molar-refractivity contribution in [3.63, 3.8) is 0 Å². The maximum absolute atomic E-state index is 10.0. The Morgan fingerprint density at radius 3 is 1.72 bits per heavy atom. The van der Waals surface area contributed by atoms with Crippen LogP contribution >= 0.6 is 0 Å². The van der Waals surface area contributed by atoms with Crippen molar-refractivity contribution in [3.8, 4) is 0 Å². The first kappa shape index (κ1) is 19.4. The molecule has 0 aliphatic rings. The molecule has 0 spiro atoms. The molecule has 0 saturated heterocycles. The quantitative estimate of drug-likeness (QED) is 0.633. The van der Waals surface area contributed by atoms with Gasteiger partial charge >= 0.3 is 8.80 Å². The molecule has 0 radical (unpaired) electrons. The van der Waals surface area contributed by atoms with E-state index in [2.05, 4.69) is 18.0 Å². The van der Waals surface area contributed by atoms with Gasteiger partial charge in [0.15, 0.2) is 0 Å². The number of primary amides is 1. The van der Waals surface area contributed by atoms with Gasteiger partial charge in [-0.1, -0.05) is 13.3 Å². The molecule has 108 valence electrons. The summed E-state index contributed by atoms with van der Waals surface area (Å²) in [5.41, 5.74) is 4.69. The van der Waals surface area contributed by atoms with Gasteiger partial charge in [-0.15, -0.1) is 0 Å². The highest BCUT2D eigenvalue weighted by Gasteiger charge is 2.36. The summed E-state index contributed by atoms with van der Waals surface area (Å²) in [6, 6.07) is 0.885. The Morgan fingerprint density at radius 2 is 1.61 bits per heavy atom. The third-order valence-corrected chi connectivity index (χ3v) is 4.98. The molecule has 2 amide bonds. The van der Waals surface area contributed by atoms with Crippen LogP contribution in [0.25, 0.3) is 0 Å². The topological polar surface area (TPSA) is 99.9 Å². The molecule has 7 nitrogen and oxygen atoms in total. The molecule has 0 aromatic rings. The number of carbonyl (C=O) groups is 2. The normalized spacial score (nSPS) is 10.3. The Hall–Kier alpha value is -0.963. The molecule has 0 rings (SSSR count). The van der Waals surface area contributed by atoms with Gasteiger partial charge in [-0.3, -0.25) is 9.59 Å². The zero-order valence-corrected chi connectivity index (χ0v) is 12.7. The van der Waals surface area contributed by atoms with Crippen LogP contribution in [0.3, 0.4) is 0 Å². The smallest absolute Gasteiger partial charge is 0.377 e. The third kappa shape index (κ3) is 10.2. The summed E-state index contributed by atoms with van der Waals surface area (Å²) in [4.78, 5) is 19.9. The summed E-state index contributed by atoms with van der Waals surface area (Å²) in [5, 5.41) is 2.23. The van der Waals surface area contributed by atoms with Crippen molar-refractivity contribution in [2.45, 2.75) is 26.3 Å². The van der Waals surface area contributed by atoms with Gasteiger partial charge in [0.1, 0.15) is 0 Å². The zero-order valence-electron chi connectivity index (χ0n) is 11.7. The lowest BCUT2D eigenvalue weighted by atomic mass is 10.6. The number of nitrogens with two attached hydrogens (primary N) is 1. The molecule has 8 heteroatoms. The van der Waals surface area contributed by atoms with Crippen molar-refractivity contribution in [2.24, 2.45) is 5.73 Å². The van der Waals surface area contributed by atoms with Crippen molar-refractivity contribution in [1.29, 1.82) is 0 Å². The van der Waals surface area contributed by atoms with E-state index in [-0.39, 0.29) is 12.5 Å². The number of nitrogens with one attached hydrogen (secondary N) is 1. The van der Waals surface area contributed by atoms with Crippen LogP contribution in [0.1, 0.15) is 20.3 Å². The van der Waals surface area contributed by atoms with Crippen LogP contribution in [0.4, 0.5) is 0 Å².